The Balaban J connectivity index is 2.09. The van der Waals surface area contributed by atoms with Gasteiger partial charge in [-0.2, -0.15) is 18.4 Å². The monoisotopic (exact) mass is 420 g/mol. The van der Waals surface area contributed by atoms with E-state index in [0.29, 0.717) is 47.7 Å². The van der Waals surface area contributed by atoms with Gasteiger partial charge in [-0.25, -0.2) is 4.98 Å². The summed E-state index contributed by atoms with van der Waals surface area (Å²) < 4.78 is 41.6. The number of pyridine rings is 1. The second kappa shape index (κ2) is 8.49. The number of rotatable bonds is 6. The summed E-state index contributed by atoms with van der Waals surface area (Å²) in [6, 6.07) is 8.61. The fourth-order valence-corrected chi connectivity index (χ4v) is 3.02. The smallest absolute Gasteiger partial charge is 0.370 e. The van der Waals surface area contributed by atoms with Crippen LogP contribution in [-0.4, -0.2) is 26.3 Å². The van der Waals surface area contributed by atoms with Crippen molar-refractivity contribution in [2.45, 2.75) is 19.0 Å². The molecule has 29 heavy (non-hydrogen) atoms. The lowest BCUT2D eigenvalue weighted by molar-refractivity contribution is -0.137. The molecule has 3 aromatic rings. The predicted octanol–water partition coefficient (Wildman–Crippen LogP) is 4.93. The van der Waals surface area contributed by atoms with Crippen LogP contribution in [0.15, 0.2) is 36.7 Å². The Labute approximate surface area is 170 Å². The van der Waals surface area contributed by atoms with Crippen LogP contribution in [0, 0.1) is 11.3 Å². The third-order valence-electron chi connectivity index (χ3n) is 4.18. The summed E-state index contributed by atoms with van der Waals surface area (Å²) in [5.41, 5.74) is 0.461. The zero-order valence-corrected chi connectivity index (χ0v) is 16.1. The first-order chi connectivity index (χ1) is 13.8. The molecule has 2 aromatic heterocycles. The molecular weight excluding hydrogens is 405 g/mol. The maximum atomic E-state index is 13.3. The molecule has 10 heteroatoms. The Morgan fingerprint density at radius 3 is 2.66 bits per heavy atom. The number of anilines is 1. The largest absolute Gasteiger partial charge is 0.416 e. The summed E-state index contributed by atoms with van der Waals surface area (Å²) in [5.74, 6) is 0.831. The molecular formula is C19H16ClF3N6. The summed E-state index contributed by atoms with van der Waals surface area (Å²) >= 11 is 6.12. The van der Waals surface area contributed by atoms with E-state index >= 15 is 0 Å². The molecule has 0 unspecified atom stereocenters. The van der Waals surface area contributed by atoms with Gasteiger partial charge in [0, 0.05) is 25.6 Å². The fourth-order valence-electron chi connectivity index (χ4n) is 2.81. The van der Waals surface area contributed by atoms with Crippen LogP contribution in [0.25, 0.3) is 22.5 Å². The standard InChI is InChI=1S/C19H16ClF3N6/c1-29-11-26-28-18(29)14-5-4-13(19(21,22)23)10-15(14)12-8-16(20)27-17(9-12)25-7-3-2-6-24/h4-5,8-11H,2-3,7H2,1H3,(H,25,27). The number of aromatic nitrogens is 4. The minimum absolute atomic E-state index is 0.131. The molecule has 0 fully saturated rings. The van der Waals surface area contributed by atoms with Crippen LogP contribution < -0.4 is 5.32 Å². The third-order valence-corrected chi connectivity index (χ3v) is 4.37. The Morgan fingerprint density at radius 1 is 1.21 bits per heavy atom. The zero-order valence-electron chi connectivity index (χ0n) is 15.3. The van der Waals surface area contributed by atoms with Gasteiger partial charge in [0.05, 0.1) is 11.6 Å². The van der Waals surface area contributed by atoms with Gasteiger partial charge in [-0.3, -0.25) is 0 Å². The second-order valence-electron chi connectivity index (χ2n) is 6.28. The van der Waals surface area contributed by atoms with Gasteiger partial charge in [-0.15, -0.1) is 10.2 Å². The van der Waals surface area contributed by atoms with E-state index in [9.17, 15) is 13.2 Å². The lowest BCUT2D eigenvalue weighted by atomic mass is 9.97. The third kappa shape index (κ3) is 4.84. The molecule has 1 aromatic carbocycles. The van der Waals surface area contributed by atoms with Crippen LogP contribution in [0.4, 0.5) is 19.0 Å². The molecule has 2 heterocycles. The minimum Gasteiger partial charge on any atom is -0.370 e. The van der Waals surface area contributed by atoms with E-state index in [0.717, 1.165) is 12.1 Å². The van der Waals surface area contributed by atoms with Crippen molar-refractivity contribution < 1.29 is 13.2 Å². The highest BCUT2D eigenvalue weighted by atomic mass is 35.5. The van der Waals surface area contributed by atoms with E-state index in [-0.39, 0.29) is 5.15 Å². The van der Waals surface area contributed by atoms with Gasteiger partial charge >= 0.3 is 6.18 Å². The Hall–Kier alpha value is -3.12. The normalized spacial score (nSPS) is 11.3. The molecule has 0 bridgehead atoms. The summed E-state index contributed by atoms with van der Waals surface area (Å²) in [6.07, 6.45) is -2.04. The van der Waals surface area contributed by atoms with Crippen molar-refractivity contribution in [2.24, 2.45) is 7.05 Å². The van der Waals surface area contributed by atoms with Crippen molar-refractivity contribution in [3.05, 3.63) is 47.4 Å². The van der Waals surface area contributed by atoms with E-state index in [1.165, 1.54) is 18.5 Å². The topological polar surface area (TPSA) is 79.4 Å². The van der Waals surface area contributed by atoms with Gasteiger partial charge in [0.15, 0.2) is 5.82 Å². The van der Waals surface area contributed by atoms with E-state index in [1.54, 1.807) is 17.7 Å². The van der Waals surface area contributed by atoms with Crippen molar-refractivity contribution in [3.63, 3.8) is 0 Å². The van der Waals surface area contributed by atoms with Gasteiger partial charge in [-0.05, 0) is 47.9 Å². The molecule has 0 aliphatic heterocycles. The van der Waals surface area contributed by atoms with Crippen molar-refractivity contribution in [3.8, 4) is 28.6 Å². The first kappa shape index (κ1) is 20.6. The van der Waals surface area contributed by atoms with E-state index < -0.39 is 11.7 Å². The Bertz CT molecular complexity index is 1050. The number of alkyl halides is 3. The molecule has 0 spiro atoms. The summed E-state index contributed by atoms with van der Waals surface area (Å²) in [6.45, 7) is 0.485. The van der Waals surface area contributed by atoms with Crippen LogP contribution >= 0.6 is 11.6 Å². The minimum atomic E-state index is -4.50. The van der Waals surface area contributed by atoms with Crippen molar-refractivity contribution >= 4 is 17.4 Å². The lowest BCUT2D eigenvalue weighted by Crippen LogP contribution is -2.06. The quantitative estimate of drug-likeness (QED) is 0.451. The number of halogens is 4. The average Bonchev–Trinajstić information content (AvgIpc) is 3.09. The molecule has 1 N–H and O–H groups in total. The average molecular weight is 421 g/mol. The predicted molar refractivity (Wildman–Crippen MR) is 103 cm³/mol. The maximum Gasteiger partial charge on any atom is 0.416 e. The number of nitriles is 1. The highest BCUT2D eigenvalue weighted by molar-refractivity contribution is 6.29. The number of hydrogen-bond acceptors (Lipinski definition) is 5. The summed E-state index contributed by atoms with van der Waals surface area (Å²) in [4.78, 5) is 4.15. The lowest BCUT2D eigenvalue weighted by Gasteiger charge is -2.15. The summed E-state index contributed by atoms with van der Waals surface area (Å²) in [7, 11) is 1.71. The van der Waals surface area contributed by atoms with E-state index in [1.807, 2.05) is 6.07 Å². The zero-order chi connectivity index (χ0) is 21.0. The number of unbranched alkanes of at least 4 members (excludes halogenated alkanes) is 1. The number of hydrogen-bond donors (Lipinski definition) is 1. The van der Waals surface area contributed by atoms with Gasteiger partial charge < -0.3 is 9.88 Å². The first-order valence-electron chi connectivity index (χ1n) is 8.64. The van der Waals surface area contributed by atoms with Gasteiger partial charge in [0.1, 0.15) is 17.3 Å². The first-order valence-corrected chi connectivity index (χ1v) is 9.02. The van der Waals surface area contributed by atoms with Crippen LogP contribution in [0.1, 0.15) is 18.4 Å². The molecule has 3 rings (SSSR count). The SMILES string of the molecule is Cn1cnnc1-c1ccc(C(F)(F)F)cc1-c1cc(Cl)nc(NCCCC#N)c1. The molecule has 0 aliphatic carbocycles. The molecule has 0 saturated carbocycles. The number of nitrogens with one attached hydrogen (secondary N) is 1. The molecule has 150 valence electrons. The van der Waals surface area contributed by atoms with E-state index in [2.05, 4.69) is 20.5 Å². The van der Waals surface area contributed by atoms with Crippen LogP contribution in [0.2, 0.25) is 5.15 Å². The van der Waals surface area contributed by atoms with Gasteiger partial charge in [-0.1, -0.05) is 11.6 Å². The molecule has 0 aliphatic rings. The second-order valence-corrected chi connectivity index (χ2v) is 6.66. The molecule has 0 radical (unpaired) electrons. The Morgan fingerprint density at radius 2 is 2.00 bits per heavy atom. The van der Waals surface area contributed by atoms with Crippen molar-refractivity contribution in [1.29, 1.82) is 5.26 Å². The van der Waals surface area contributed by atoms with E-state index in [4.69, 9.17) is 16.9 Å². The highest BCUT2D eigenvalue weighted by Gasteiger charge is 2.31. The number of nitrogens with zero attached hydrogens (tertiary/aromatic N) is 5. The summed E-state index contributed by atoms with van der Waals surface area (Å²) in [5, 5.41) is 19.6. The molecule has 0 saturated heterocycles. The highest BCUT2D eigenvalue weighted by Crippen LogP contribution is 2.38. The van der Waals surface area contributed by atoms with Crippen LogP contribution in [0.5, 0.6) is 0 Å². The van der Waals surface area contributed by atoms with Gasteiger partial charge in [0.2, 0.25) is 0 Å². The Kier molecular flexibility index (Phi) is 6.03. The molecule has 6 nitrogen and oxygen atoms in total. The van der Waals surface area contributed by atoms with Crippen LogP contribution in [0.3, 0.4) is 0 Å². The van der Waals surface area contributed by atoms with Crippen molar-refractivity contribution in [2.75, 3.05) is 11.9 Å². The fraction of sp³-hybridized carbons (Fsp3) is 0.263. The maximum absolute atomic E-state index is 13.3. The number of aryl methyl sites for hydroxylation is 1. The molecule has 0 amide bonds. The van der Waals surface area contributed by atoms with Crippen LogP contribution in [-0.2, 0) is 13.2 Å². The number of benzene rings is 1. The molecule has 0 atom stereocenters. The van der Waals surface area contributed by atoms with Gasteiger partial charge in [0.25, 0.3) is 0 Å². The van der Waals surface area contributed by atoms with Crippen molar-refractivity contribution in [1.82, 2.24) is 19.7 Å².